The van der Waals surface area contributed by atoms with Crippen LogP contribution in [0.15, 0.2) is 30.3 Å². The van der Waals surface area contributed by atoms with E-state index in [4.69, 9.17) is 9.47 Å². The maximum Gasteiger partial charge on any atom is 0.118 e. The predicted molar refractivity (Wildman–Crippen MR) is 372 cm³/mol. The topological polar surface area (TPSA) is 47.6 Å². The van der Waals surface area contributed by atoms with Crippen LogP contribution in [0.2, 0.25) is 0 Å². The molecule has 0 aromatic heterocycles. The van der Waals surface area contributed by atoms with Crippen LogP contribution in [0, 0.1) is 0 Å². The predicted octanol–water partition coefficient (Wildman–Crippen LogP) is 15.5. The summed E-state index contributed by atoms with van der Waals surface area (Å²) in [4.78, 5) is 21.9. The molecule has 10 rings (SSSR count). The number of para-hydroxylation sites is 1. The van der Waals surface area contributed by atoms with E-state index in [-0.39, 0.29) is 0 Å². The van der Waals surface area contributed by atoms with Crippen molar-refractivity contribution in [2.24, 2.45) is 0 Å². The molecule has 0 amide bonds. The first-order valence-electron chi connectivity index (χ1n) is 34.5. The van der Waals surface area contributed by atoms with E-state index in [1.807, 2.05) is 30.3 Å². The number of methoxy groups -OCH3 is 1. The molecule has 0 radical (unpaired) electrons. The molecule has 0 bridgehead atoms. The molecule has 1 aromatic rings. The number of nitrogens with zero attached hydrogens (tertiary/aromatic N) is 9. The maximum atomic E-state index is 5.10. The Bertz CT molecular complexity index is 1700. The summed E-state index contributed by atoms with van der Waals surface area (Å²) < 4.78 is 10.0. The smallest absolute Gasteiger partial charge is 0.118 e. The lowest BCUT2D eigenvalue weighted by Crippen LogP contribution is -2.56. The molecule has 1 aromatic carbocycles. The van der Waals surface area contributed by atoms with E-state index >= 15 is 0 Å². The van der Waals surface area contributed by atoms with Gasteiger partial charge < -0.3 is 43.8 Å². The highest BCUT2D eigenvalue weighted by molar-refractivity contribution is 5.20. The summed E-state index contributed by atoms with van der Waals surface area (Å²) in [5.74, 6) is 0.910. The zero-order valence-electron chi connectivity index (χ0n) is 61.6. The molecule has 0 N–H and O–H groups in total. The van der Waals surface area contributed by atoms with Gasteiger partial charge in [-0.25, -0.2) is 0 Å². The second-order valence-corrected chi connectivity index (χ2v) is 31.3. The van der Waals surface area contributed by atoms with Crippen molar-refractivity contribution >= 4 is 0 Å². The molecule has 0 saturated carbocycles. The molecule has 0 spiro atoms. The molecule has 9 fully saturated rings. The summed E-state index contributed by atoms with van der Waals surface area (Å²) in [5.41, 5.74) is 2.61. The highest BCUT2D eigenvalue weighted by atomic mass is 16.5. The van der Waals surface area contributed by atoms with Gasteiger partial charge in [0.15, 0.2) is 0 Å². The molecule has 498 valence electrons. The summed E-state index contributed by atoms with van der Waals surface area (Å²) in [6, 6.07) is 13.8. The van der Waals surface area contributed by atoms with Gasteiger partial charge in [-0.2, -0.15) is 0 Å². The average molecular weight is 1190 g/mol. The largest absolute Gasteiger partial charge is 0.497 e. The average Bonchev–Trinajstić information content (AvgIpc) is 4.23. The molecule has 9 aliphatic heterocycles. The van der Waals surface area contributed by atoms with Gasteiger partial charge >= 0.3 is 0 Å². The number of likely N-dealkylation sites (tertiary alicyclic amines) is 8. The van der Waals surface area contributed by atoms with Crippen LogP contribution in [0.25, 0.3) is 0 Å². The van der Waals surface area contributed by atoms with Gasteiger partial charge in [0.25, 0.3) is 0 Å². The molecule has 9 heterocycles. The Morgan fingerprint density at radius 3 is 0.952 bits per heavy atom. The minimum absolute atomic E-state index is 0.405. The van der Waals surface area contributed by atoms with E-state index in [2.05, 4.69) is 225 Å². The number of benzene rings is 1. The van der Waals surface area contributed by atoms with Crippen LogP contribution < -0.4 is 4.74 Å². The Kier molecular flexibility index (Phi) is 38.1. The van der Waals surface area contributed by atoms with Gasteiger partial charge in [-0.15, -0.1) is 0 Å². The third kappa shape index (κ3) is 31.4. The van der Waals surface area contributed by atoms with Gasteiger partial charge in [0.1, 0.15) is 5.75 Å². The van der Waals surface area contributed by atoms with Crippen molar-refractivity contribution in [3.05, 3.63) is 30.3 Å². The first-order chi connectivity index (χ1) is 38.9. The molecule has 11 heteroatoms. The summed E-state index contributed by atoms with van der Waals surface area (Å²) >= 11 is 0. The van der Waals surface area contributed by atoms with Gasteiger partial charge in [0, 0.05) is 76.5 Å². The minimum atomic E-state index is 0.405. The highest BCUT2D eigenvalue weighted by Crippen LogP contribution is 2.39. The van der Waals surface area contributed by atoms with Crippen molar-refractivity contribution in [2.45, 2.75) is 310 Å². The van der Waals surface area contributed by atoms with E-state index < -0.39 is 0 Å². The Hall–Kier alpha value is -1.38. The van der Waals surface area contributed by atoms with Crippen LogP contribution in [0.1, 0.15) is 246 Å². The number of likely N-dealkylation sites (N-methyl/N-ethyl adjacent to an activating group) is 1. The lowest BCUT2D eigenvalue weighted by atomic mass is 9.80. The number of ether oxygens (including phenoxy) is 2. The Morgan fingerprint density at radius 2 is 0.726 bits per heavy atom. The molecule has 5 atom stereocenters. The SMILES string of the molecule is CC1CCC(C)N1C.CC1CCCC(C)N1C.CC1CCCN1C.CN1C(C)(C)CCC1(C)C.CN1C(C)(C)CCCC1(C)C.CN1CCCC1(C)C.CN1CCCCC1.CN1CCCCC1(C)C.CN1CCOCC1.COc1ccccc1. The molecule has 9 saturated heterocycles. The first kappa shape index (κ1) is 80.6. The third-order valence-electron chi connectivity index (χ3n) is 22.1. The molecular formula is C73H149N9O2. The van der Waals surface area contributed by atoms with Crippen molar-refractivity contribution in [1.82, 2.24) is 44.1 Å². The van der Waals surface area contributed by atoms with Crippen LogP contribution in [0.5, 0.6) is 5.75 Å². The zero-order valence-corrected chi connectivity index (χ0v) is 61.6. The van der Waals surface area contributed by atoms with Crippen LogP contribution in [-0.2, 0) is 4.74 Å². The first-order valence-corrected chi connectivity index (χ1v) is 34.5. The van der Waals surface area contributed by atoms with Crippen LogP contribution in [0.3, 0.4) is 0 Å². The van der Waals surface area contributed by atoms with Crippen LogP contribution >= 0.6 is 0 Å². The van der Waals surface area contributed by atoms with Crippen molar-refractivity contribution in [3.8, 4) is 5.75 Å². The number of morpholine rings is 1. The molecule has 11 nitrogen and oxygen atoms in total. The number of hydrogen-bond donors (Lipinski definition) is 0. The van der Waals surface area contributed by atoms with Gasteiger partial charge in [-0.3, -0.25) is 9.80 Å². The van der Waals surface area contributed by atoms with Crippen molar-refractivity contribution < 1.29 is 9.47 Å². The lowest BCUT2D eigenvalue weighted by molar-refractivity contribution is -0.00200. The Morgan fingerprint density at radius 1 is 0.357 bits per heavy atom. The molecule has 84 heavy (non-hydrogen) atoms. The monoisotopic (exact) mass is 1180 g/mol. The van der Waals surface area contributed by atoms with E-state index in [0.717, 1.165) is 62.3 Å². The summed E-state index contributed by atoms with van der Waals surface area (Å²) in [6.07, 6.45) is 27.7. The zero-order chi connectivity index (χ0) is 64.1. The van der Waals surface area contributed by atoms with Crippen molar-refractivity contribution in [1.29, 1.82) is 0 Å². The second kappa shape index (κ2) is 39.7. The number of hydrogen-bond acceptors (Lipinski definition) is 11. The molecule has 5 unspecified atom stereocenters. The Labute approximate surface area is 526 Å². The quantitative estimate of drug-likeness (QED) is 0.270. The normalized spacial score (nSPS) is 29.4. The van der Waals surface area contributed by atoms with Gasteiger partial charge in [0.2, 0.25) is 0 Å². The van der Waals surface area contributed by atoms with Crippen LogP contribution in [0.4, 0.5) is 0 Å². The maximum absolute atomic E-state index is 5.10. The third-order valence-corrected chi connectivity index (χ3v) is 22.1. The van der Waals surface area contributed by atoms with Crippen molar-refractivity contribution in [3.63, 3.8) is 0 Å². The van der Waals surface area contributed by atoms with Crippen molar-refractivity contribution in [2.75, 3.05) is 130 Å². The fraction of sp³-hybridized carbons (Fsp3) is 0.918. The standard InChI is InChI=1S/C10H21N.C9H19N.2C8H17N.2C7H15N.C7H8O.2C6H13N.C5H11NO/c1-9(2)7-6-8-10(3,4)11(9)5;1-8(2)6-7-9(3,4)10(8)5;1-8(2)6-4-5-7-9(8)3;1-7-5-4-6-8(2)9(7)3;1-7(2)5-4-6-8(7)3;1-6-4-5-7(2)8(6)3;1-8-7-5-3-2-4-6-7;1-6-4-3-5-7(6)2;1-7-5-3-2-4-6-7;1-6-2-4-7-5-3-6/h6-8H2,1-5H3;6-7H2,1-5H3;4-7H2,1-3H3;7-8H,4-6H2,1-3H3;4-6H2,1-3H3;6-7H,4-5H2,1-3H3;2-6H,1H3;6H,3-5H2,1-2H3;2-6H2,1H3;2-5H2,1H3. The number of rotatable bonds is 1. The fourth-order valence-corrected chi connectivity index (χ4v) is 12.7. The fourth-order valence-electron chi connectivity index (χ4n) is 12.7. The van der Waals surface area contributed by atoms with Gasteiger partial charge in [0.05, 0.1) is 20.3 Å². The summed E-state index contributed by atoms with van der Waals surface area (Å²) in [5, 5.41) is 0. The molecule has 9 aliphatic rings. The van der Waals surface area contributed by atoms with E-state index in [1.54, 1.807) is 7.11 Å². The lowest BCUT2D eigenvalue weighted by Gasteiger charge is -2.50. The van der Waals surface area contributed by atoms with E-state index in [1.165, 1.54) is 161 Å². The summed E-state index contributed by atoms with van der Waals surface area (Å²) in [7, 11) is 21.5. The van der Waals surface area contributed by atoms with Gasteiger partial charge in [-0.05, 0) is 335 Å². The Balaban J connectivity index is 0.000000468. The van der Waals surface area contributed by atoms with E-state index in [0.29, 0.717) is 33.2 Å². The highest BCUT2D eigenvalue weighted by Gasteiger charge is 2.41. The number of piperidine rings is 4. The van der Waals surface area contributed by atoms with Gasteiger partial charge in [-0.1, -0.05) is 37.5 Å². The molecule has 0 aliphatic carbocycles. The summed E-state index contributed by atoms with van der Waals surface area (Å²) in [6.45, 7) is 50.0. The second-order valence-electron chi connectivity index (χ2n) is 31.3. The van der Waals surface area contributed by atoms with E-state index in [9.17, 15) is 0 Å². The van der Waals surface area contributed by atoms with Crippen LogP contribution in [-0.4, -0.2) is 237 Å². The minimum Gasteiger partial charge on any atom is -0.497 e. The molecular weight excluding hydrogens is 1030 g/mol.